The highest BCUT2D eigenvalue weighted by atomic mass is 19.1. The van der Waals surface area contributed by atoms with E-state index in [1.807, 2.05) is 0 Å². The molecule has 0 bridgehead atoms. The molecular formula is C14H14F2N2O2. The lowest BCUT2D eigenvalue weighted by atomic mass is 10.1. The van der Waals surface area contributed by atoms with E-state index in [0.29, 0.717) is 19.4 Å². The van der Waals surface area contributed by atoms with Crippen molar-refractivity contribution in [3.05, 3.63) is 41.5 Å². The van der Waals surface area contributed by atoms with Crippen LogP contribution in [0.1, 0.15) is 18.4 Å². The molecule has 2 amide bonds. The Hall–Kier alpha value is -2.24. The number of likely N-dealkylation sites (tertiary alicyclic amines) is 1. The molecule has 20 heavy (non-hydrogen) atoms. The van der Waals surface area contributed by atoms with Gasteiger partial charge >= 0.3 is 0 Å². The number of halogens is 2. The fourth-order valence-electron chi connectivity index (χ4n) is 2.25. The summed E-state index contributed by atoms with van der Waals surface area (Å²) in [6.07, 6.45) is 3.33. The van der Waals surface area contributed by atoms with Crippen molar-refractivity contribution in [1.82, 2.24) is 4.90 Å². The lowest BCUT2D eigenvalue weighted by Crippen LogP contribution is -2.43. The van der Waals surface area contributed by atoms with Gasteiger partial charge in [0, 0.05) is 18.2 Å². The van der Waals surface area contributed by atoms with Gasteiger partial charge in [0.15, 0.2) is 0 Å². The van der Waals surface area contributed by atoms with Gasteiger partial charge in [-0.05, 0) is 31.1 Å². The van der Waals surface area contributed by atoms with Gasteiger partial charge in [-0.25, -0.2) is 8.78 Å². The topological polar surface area (TPSA) is 63.4 Å². The first-order chi connectivity index (χ1) is 9.50. The van der Waals surface area contributed by atoms with Crippen LogP contribution in [0.25, 0.3) is 6.08 Å². The summed E-state index contributed by atoms with van der Waals surface area (Å²) in [5.41, 5.74) is 4.92. The molecule has 2 N–H and O–H groups in total. The highest BCUT2D eigenvalue weighted by Gasteiger charge is 2.31. The Kier molecular flexibility index (Phi) is 4.12. The molecule has 0 saturated carbocycles. The molecular weight excluding hydrogens is 266 g/mol. The van der Waals surface area contributed by atoms with Crippen molar-refractivity contribution >= 4 is 17.9 Å². The molecule has 0 unspecified atom stereocenters. The number of benzene rings is 1. The van der Waals surface area contributed by atoms with Crippen LogP contribution in [0, 0.1) is 11.6 Å². The molecule has 1 aliphatic heterocycles. The average molecular weight is 280 g/mol. The van der Waals surface area contributed by atoms with Crippen molar-refractivity contribution in [2.45, 2.75) is 18.9 Å². The molecule has 6 heteroatoms. The first kappa shape index (κ1) is 14.2. The van der Waals surface area contributed by atoms with E-state index in [2.05, 4.69) is 0 Å². The lowest BCUT2D eigenvalue weighted by Gasteiger charge is -2.20. The van der Waals surface area contributed by atoms with E-state index >= 15 is 0 Å². The number of amides is 2. The van der Waals surface area contributed by atoms with Gasteiger partial charge < -0.3 is 10.6 Å². The summed E-state index contributed by atoms with van der Waals surface area (Å²) in [7, 11) is 0. The lowest BCUT2D eigenvalue weighted by molar-refractivity contribution is -0.133. The van der Waals surface area contributed by atoms with Gasteiger partial charge in [-0.2, -0.15) is 0 Å². The minimum atomic E-state index is -0.748. The fraction of sp³-hybridized carbons (Fsp3) is 0.286. The van der Waals surface area contributed by atoms with E-state index in [9.17, 15) is 18.4 Å². The maximum atomic E-state index is 13.4. The minimum Gasteiger partial charge on any atom is -0.368 e. The monoisotopic (exact) mass is 280 g/mol. The second-order valence-corrected chi connectivity index (χ2v) is 4.56. The van der Waals surface area contributed by atoms with Crippen LogP contribution in [0.3, 0.4) is 0 Å². The Morgan fingerprint density at radius 2 is 1.95 bits per heavy atom. The third-order valence-electron chi connectivity index (χ3n) is 3.26. The van der Waals surface area contributed by atoms with Crippen molar-refractivity contribution < 1.29 is 18.4 Å². The third kappa shape index (κ3) is 2.84. The number of carbonyl (C=O) groups is 2. The van der Waals surface area contributed by atoms with Crippen LogP contribution >= 0.6 is 0 Å². The maximum absolute atomic E-state index is 13.4. The Morgan fingerprint density at radius 3 is 2.55 bits per heavy atom. The molecule has 1 fully saturated rings. The van der Waals surface area contributed by atoms with Crippen LogP contribution in [0.15, 0.2) is 24.3 Å². The van der Waals surface area contributed by atoms with Gasteiger partial charge in [-0.3, -0.25) is 9.59 Å². The first-order valence-corrected chi connectivity index (χ1v) is 6.22. The van der Waals surface area contributed by atoms with Crippen molar-refractivity contribution in [3.63, 3.8) is 0 Å². The van der Waals surface area contributed by atoms with E-state index in [1.54, 1.807) is 0 Å². The molecule has 2 rings (SSSR count). The summed E-state index contributed by atoms with van der Waals surface area (Å²) in [4.78, 5) is 24.4. The van der Waals surface area contributed by atoms with Gasteiger partial charge in [0.2, 0.25) is 11.8 Å². The van der Waals surface area contributed by atoms with Crippen molar-refractivity contribution in [2.24, 2.45) is 5.73 Å². The van der Waals surface area contributed by atoms with Crippen LogP contribution in [-0.2, 0) is 9.59 Å². The molecule has 0 radical (unpaired) electrons. The largest absolute Gasteiger partial charge is 0.368 e. The van der Waals surface area contributed by atoms with E-state index in [0.717, 1.165) is 24.3 Å². The number of nitrogens with zero attached hydrogens (tertiary/aromatic N) is 1. The second-order valence-electron chi connectivity index (χ2n) is 4.56. The molecule has 1 saturated heterocycles. The number of nitrogens with two attached hydrogens (primary N) is 1. The maximum Gasteiger partial charge on any atom is 0.247 e. The molecule has 0 spiro atoms. The predicted octanol–water partition coefficient (Wildman–Crippen LogP) is 1.45. The molecule has 1 aromatic rings. The third-order valence-corrected chi connectivity index (χ3v) is 3.26. The summed E-state index contributed by atoms with van der Waals surface area (Å²) < 4.78 is 26.8. The van der Waals surface area contributed by atoms with Crippen LogP contribution < -0.4 is 5.73 Å². The average Bonchev–Trinajstić information content (AvgIpc) is 2.87. The summed E-state index contributed by atoms with van der Waals surface area (Å²) in [5.74, 6) is -2.54. The molecule has 1 aliphatic rings. The van der Waals surface area contributed by atoms with Gasteiger partial charge in [0.1, 0.15) is 17.7 Å². The zero-order chi connectivity index (χ0) is 14.7. The quantitative estimate of drug-likeness (QED) is 0.852. The summed E-state index contributed by atoms with van der Waals surface area (Å²) in [6.45, 7) is 0.413. The number of rotatable bonds is 3. The fourth-order valence-corrected chi connectivity index (χ4v) is 2.25. The summed E-state index contributed by atoms with van der Waals surface area (Å²) in [6, 6.07) is 2.82. The van der Waals surface area contributed by atoms with Crippen molar-refractivity contribution in [1.29, 1.82) is 0 Å². The Bertz CT molecular complexity index is 552. The van der Waals surface area contributed by atoms with Gasteiger partial charge in [0.25, 0.3) is 0 Å². The number of carbonyl (C=O) groups excluding carboxylic acids is 2. The van der Waals surface area contributed by atoms with E-state index in [-0.39, 0.29) is 5.56 Å². The molecule has 106 valence electrons. The molecule has 1 heterocycles. The Labute approximate surface area is 114 Å². The van der Waals surface area contributed by atoms with Crippen molar-refractivity contribution in [2.75, 3.05) is 6.54 Å². The summed E-state index contributed by atoms with van der Waals surface area (Å²) >= 11 is 0. The molecule has 0 aliphatic carbocycles. The highest BCUT2D eigenvalue weighted by Crippen LogP contribution is 2.18. The van der Waals surface area contributed by atoms with Crippen LogP contribution in [-0.4, -0.2) is 29.3 Å². The molecule has 1 aromatic carbocycles. The zero-order valence-electron chi connectivity index (χ0n) is 10.7. The van der Waals surface area contributed by atoms with Crippen LogP contribution in [0.5, 0.6) is 0 Å². The molecule has 0 aromatic heterocycles. The Morgan fingerprint density at radius 1 is 1.30 bits per heavy atom. The van der Waals surface area contributed by atoms with Gasteiger partial charge in [-0.15, -0.1) is 0 Å². The van der Waals surface area contributed by atoms with Crippen LogP contribution in [0.4, 0.5) is 8.78 Å². The van der Waals surface area contributed by atoms with E-state index in [1.165, 1.54) is 11.0 Å². The minimum absolute atomic E-state index is 0.282. The SMILES string of the molecule is NC(=O)[C@H]1CCCN1C(=O)/C=C\c1c(F)cccc1F. The summed E-state index contributed by atoms with van der Waals surface area (Å²) in [5, 5.41) is 0. The highest BCUT2D eigenvalue weighted by molar-refractivity contribution is 5.95. The second kappa shape index (κ2) is 5.81. The molecule has 1 atom stereocenters. The van der Waals surface area contributed by atoms with Gasteiger partial charge in [0.05, 0.1) is 0 Å². The van der Waals surface area contributed by atoms with E-state index in [4.69, 9.17) is 5.73 Å². The Balaban J connectivity index is 2.15. The van der Waals surface area contributed by atoms with Crippen LogP contribution in [0.2, 0.25) is 0 Å². The number of hydrogen-bond donors (Lipinski definition) is 1. The van der Waals surface area contributed by atoms with Gasteiger partial charge in [-0.1, -0.05) is 6.07 Å². The predicted molar refractivity (Wildman–Crippen MR) is 69.3 cm³/mol. The smallest absolute Gasteiger partial charge is 0.247 e. The molecule has 4 nitrogen and oxygen atoms in total. The van der Waals surface area contributed by atoms with E-state index < -0.39 is 29.5 Å². The number of hydrogen-bond acceptors (Lipinski definition) is 2. The zero-order valence-corrected chi connectivity index (χ0v) is 10.7. The normalized spacial score (nSPS) is 18.7. The number of primary amides is 1. The van der Waals surface area contributed by atoms with Crippen molar-refractivity contribution in [3.8, 4) is 0 Å². The standard InChI is InChI=1S/C14H14F2N2O2/c15-10-3-1-4-11(16)9(10)6-7-13(19)18-8-2-5-12(18)14(17)20/h1,3-4,6-7,12H,2,5,8H2,(H2,17,20)/b7-6-/t12-/m1/s1. The first-order valence-electron chi connectivity index (χ1n) is 6.22.